The Morgan fingerprint density at radius 1 is 0.615 bits per heavy atom. The summed E-state index contributed by atoms with van der Waals surface area (Å²) in [5, 5.41) is 0. The highest BCUT2D eigenvalue weighted by Crippen LogP contribution is 2.07. The number of rotatable bonds is 15. The first kappa shape index (κ1) is 27.8. The number of carbonyl (C=O) groups excluding carboxylic acids is 1. The van der Waals surface area contributed by atoms with E-state index in [4.69, 9.17) is 0 Å². The summed E-state index contributed by atoms with van der Waals surface area (Å²) in [4.78, 5) is 17.1. The van der Waals surface area contributed by atoms with E-state index in [2.05, 4.69) is 70.6 Å². The number of unbranched alkanes of at least 4 members (excludes halogenated alkanes) is 6. The number of hydrogen-bond donors (Lipinski definition) is 0. The van der Waals surface area contributed by atoms with Gasteiger partial charge in [-0.05, 0) is 94.8 Å². The fourth-order valence-corrected chi connectivity index (χ4v) is 2.45. The molecule has 0 radical (unpaired) electrons. The predicted octanol–water partition coefficient (Wildman–Crippen LogP) is 4.53. The lowest BCUT2D eigenvalue weighted by molar-refractivity contribution is -0.107. The van der Waals surface area contributed by atoms with E-state index in [0.717, 1.165) is 19.1 Å². The van der Waals surface area contributed by atoms with Crippen molar-refractivity contribution in [3.63, 3.8) is 0 Å². The minimum atomic E-state index is 0.664. The van der Waals surface area contributed by atoms with E-state index in [1.54, 1.807) is 0 Å². The third kappa shape index (κ3) is 21.6. The Bertz CT molecular complexity index is 293. The lowest BCUT2D eigenvalue weighted by Crippen LogP contribution is -2.29. The van der Waals surface area contributed by atoms with Gasteiger partial charge in [-0.2, -0.15) is 0 Å². The van der Waals surface area contributed by atoms with E-state index in [-0.39, 0.29) is 0 Å². The number of hydrogen-bond acceptors (Lipinski definition) is 4. The molecule has 0 saturated carbocycles. The summed E-state index contributed by atoms with van der Waals surface area (Å²) in [6.45, 7) is 12.5. The summed E-state index contributed by atoms with van der Waals surface area (Å²) in [7, 11) is 8.61. The highest BCUT2D eigenvalue weighted by molar-refractivity contribution is 5.48. The molecular weight excluding hydrogens is 322 g/mol. The molecule has 0 aliphatic carbocycles. The molecule has 4 heteroatoms. The fourth-order valence-electron chi connectivity index (χ4n) is 2.45. The summed E-state index contributed by atoms with van der Waals surface area (Å²) < 4.78 is 0. The molecule has 0 saturated heterocycles. The second-order valence-corrected chi connectivity index (χ2v) is 8.38. The highest BCUT2D eigenvalue weighted by atomic mass is 16.1. The van der Waals surface area contributed by atoms with Crippen LogP contribution in [0, 0.1) is 0 Å². The van der Waals surface area contributed by atoms with Gasteiger partial charge in [0.05, 0.1) is 0 Å². The molecule has 0 atom stereocenters. The number of carbonyl (C=O) groups is 1. The molecule has 0 fully saturated rings. The normalized spacial score (nSPS) is 11.6. The molecular formula is C22H49N3O. The molecule has 158 valence electrons. The van der Waals surface area contributed by atoms with Gasteiger partial charge < -0.3 is 19.5 Å². The maximum Gasteiger partial charge on any atom is 0.119 e. The molecule has 4 nitrogen and oxygen atoms in total. The van der Waals surface area contributed by atoms with E-state index >= 15 is 0 Å². The minimum absolute atomic E-state index is 0.664. The standard InChI is InChI=1S/C13H27NO.C9H22N2/c1-13(2)14(3)11-9-7-5-4-6-8-10-12-15;1-9(2)11(5)8-6-7-10(3)4/h12-13H,4-11H2,1-3H3;9H,6-8H2,1-5H3. The van der Waals surface area contributed by atoms with Crippen LogP contribution in [0.3, 0.4) is 0 Å². The van der Waals surface area contributed by atoms with Gasteiger partial charge in [-0.25, -0.2) is 0 Å². The van der Waals surface area contributed by atoms with Crippen molar-refractivity contribution in [1.29, 1.82) is 0 Å². The van der Waals surface area contributed by atoms with E-state index in [1.165, 1.54) is 58.2 Å². The van der Waals surface area contributed by atoms with Crippen LogP contribution in [0.2, 0.25) is 0 Å². The molecule has 0 amide bonds. The van der Waals surface area contributed by atoms with Crippen molar-refractivity contribution in [1.82, 2.24) is 14.7 Å². The zero-order valence-corrected chi connectivity index (χ0v) is 19.3. The summed E-state index contributed by atoms with van der Waals surface area (Å²) in [5.41, 5.74) is 0. The van der Waals surface area contributed by atoms with E-state index in [9.17, 15) is 4.79 Å². The Hall–Kier alpha value is -0.450. The fraction of sp³-hybridized carbons (Fsp3) is 0.955. The Labute approximate surface area is 165 Å². The zero-order chi connectivity index (χ0) is 20.4. The molecule has 0 spiro atoms. The second kappa shape index (κ2) is 19.3. The van der Waals surface area contributed by atoms with Gasteiger partial charge in [0, 0.05) is 18.5 Å². The SMILES string of the molecule is CC(C)N(C)CCCCCCCCC=O.CC(C)N(C)CCCN(C)C. The van der Waals surface area contributed by atoms with Crippen molar-refractivity contribution in [2.45, 2.75) is 91.1 Å². The van der Waals surface area contributed by atoms with Crippen LogP contribution in [0.15, 0.2) is 0 Å². The van der Waals surface area contributed by atoms with Gasteiger partial charge in [-0.3, -0.25) is 0 Å². The monoisotopic (exact) mass is 371 g/mol. The molecule has 26 heavy (non-hydrogen) atoms. The third-order valence-corrected chi connectivity index (χ3v) is 4.96. The van der Waals surface area contributed by atoms with Gasteiger partial charge in [0.15, 0.2) is 0 Å². The van der Waals surface area contributed by atoms with Gasteiger partial charge in [-0.1, -0.05) is 25.7 Å². The molecule has 0 aromatic carbocycles. The van der Waals surface area contributed by atoms with Gasteiger partial charge in [-0.15, -0.1) is 0 Å². The Kier molecular flexibility index (Phi) is 20.6. The largest absolute Gasteiger partial charge is 0.309 e. The second-order valence-electron chi connectivity index (χ2n) is 8.38. The number of aldehydes is 1. The number of nitrogens with zero attached hydrogens (tertiary/aromatic N) is 3. The molecule has 0 unspecified atom stereocenters. The van der Waals surface area contributed by atoms with Gasteiger partial charge in [0.2, 0.25) is 0 Å². The molecule has 0 aliphatic heterocycles. The average molecular weight is 372 g/mol. The summed E-state index contributed by atoms with van der Waals surface area (Å²) in [5.74, 6) is 0. The van der Waals surface area contributed by atoms with Crippen molar-refractivity contribution in [3.8, 4) is 0 Å². The summed E-state index contributed by atoms with van der Waals surface area (Å²) in [6, 6.07) is 1.34. The van der Waals surface area contributed by atoms with Crippen LogP contribution in [0.1, 0.15) is 79.1 Å². The van der Waals surface area contributed by atoms with E-state index in [0.29, 0.717) is 12.1 Å². The smallest absolute Gasteiger partial charge is 0.119 e. The maximum atomic E-state index is 10.1. The predicted molar refractivity (Wildman–Crippen MR) is 117 cm³/mol. The highest BCUT2D eigenvalue weighted by Gasteiger charge is 2.02. The topological polar surface area (TPSA) is 26.8 Å². The molecule has 0 aromatic heterocycles. The first-order chi connectivity index (χ1) is 12.2. The maximum absolute atomic E-state index is 10.1. The van der Waals surface area contributed by atoms with Gasteiger partial charge in [0.1, 0.15) is 6.29 Å². The van der Waals surface area contributed by atoms with Gasteiger partial charge >= 0.3 is 0 Å². The average Bonchev–Trinajstić information content (AvgIpc) is 2.57. The molecule has 0 rings (SSSR count). The van der Waals surface area contributed by atoms with Crippen molar-refractivity contribution < 1.29 is 4.79 Å². The third-order valence-electron chi connectivity index (χ3n) is 4.96. The van der Waals surface area contributed by atoms with Crippen LogP contribution in [0.4, 0.5) is 0 Å². The minimum Gasteiger partial charge on any atom is -0.309 e. The van der Waals surface area contributed by atoms with Gasteiger partial charge in [0.25, 0.3) is 0 Å². The molecule has 0 aliphatic rings. The molecule has 0 N–H and O–H groups in total. The first-order valence-corrected chi connectivity index (χ1v) is 10.7. The summed E-state index contributed by atoms with van der Waals surface area (Å²) in [6.07, 6.45) is 10.6. The Morgan fingerprint density at radius 2 is 1.04 bits per heavy atom. The van der Waals surface area contributed by atoms with Crippen LogP contribution in [0.5, 0.6) is 0 Å². The van der Waals surface area contributed by atoms with Crippen molar-refractivity contribution in [2.24, 2.45) is 0 Å². The quantitative estimate of drug-likeness (QED) is 0.312. The van der Waals surface area contributed by atoms with Crippen LogP contribution < -0.4 is 0 Å². The van der Waals surface area contributed by atoms with Crippen LogP contribution in [-0.2, 0) is 4.79 Å². The van der Waals surface area contributed by atoms with E-state index < -0.39 is 0 Å². The lowest BCUT2D eigenvalue weighted by Gasteiger charge is -2.21. The van der Waals surface area contributed by atoms with E-state index in [1.807, 2.05) is 0 Å². The summed E-state index contributed by atoms with van der Waals surface area (Å²) >= 11 is 0. The Morgan fingerprint density at radius 3 is 1.46 bits per heavy atom. The van der Waals surface area contributed by atoms with Crippen LogP contribution in [0.25, 0.3) is 0 Å². The zero-order valence-electron chi connectivity index (χ0n) is 19.3. The lowest BCUT2D eigenvalue weighted by atomic mass is 10.1. The molecule has 0 aromatic rings. The first-order valence-electron chi connectivity index (χ1n) is 10.7. The van der Waals surface area contributed by atoms with Crippen molar-refractivity contribution in [2.75, 3.05) is 47.8 Å². The van der Waals surface area contributed by atoms with Crippen molar-refractivity contribution in [3.05, 3.63) is 0 Å². The Balaban J connectivity index is 0. The van der Waals surface area contributed by atoms with Crippen LogP contribution >= 0.6 is 0 Å². The van der Waals surface area contributed by atoms with Crippen molar-refractivity contribution >= 4 is 6.29 Å². The van der Waals surface area contributed by atoms with Crippen LogP contribution in [-0.4, -0.2) is 80.9 Å². The molecule has 0 heterocycles. The molecule has 0 bridgehead atoms.